The highest BCUT2D eigenvalue weighted by Gasteiger charge is 2.05. The molecule has 2 N–H and O–H groups in total. The van der Waals surface area contributed by atoms with Crippen LogP contribution in [-0.2, 0) is 13.0 Å². The van der Waals surface area contributed by atoms with Crippen LogP contribution in [0.3, 0.4) is 0 Å². The zero-order valence-corrected chi connectivity index (χ0v) is 17.1. The van der Waals surface area contributed by atoms with Crippen LogP contribution in [0.2, 0.25) is 0 Å². The lowest BCUT2D eigenvalue weighted by Gasteiger charge is -2.12. The van der Waals surface area contributed by atoms with Gasteiger partial charge in [-0.1, -0.05) is 18.2 Å². The average molecular weight is 393 g/mol. The minimum absolute atomic E-state index is 0.581. The van der Waals surface area contributed by atoms with Crippen molar-refractivity contribution < 1.29 is 9.47 Å². The molecule has 0 saturated carbocycles. The van der Waals surface area contributed by atoms with Gasteiger partial charge in [0.15, 0.2) is 5.96 Å². The zero-order valence-electron chi connectivity index (χ0n) is 17.1. The lowest BCUT2D eigenvalue weighted by atomic mass is 10.1. The minimum Gasteiger partial charge on any atom is -0.497 e. The topological polar surface area (TPSA) is 72.7 Å². The van der Waals surface area contributed by atoms with Gasteiger partial charge in [-0.25, -0.2) is 4.68 Å². The van der Waals surface area contributed by atoms with Crippen LogP contribution >= 0.6 is 0 Å². The molecule has 0 aliphatic carbocycles. The van der Waals surface area contributed by atoms with E-state index >= 15 is 0 Å². The van der Waals surface area contributed by atoms with Crippen LogP contribution in [0.1, 0.15) is 11.3 Å². The van der Waals surface area contributed by atoms with Gasteiger partial charge >= 0.3 is 0 Å². The second-order valence-electron chi connectivity index (χ2n) is 6.36. The third-order valence-electron chi connectivity index (χ3n) is 4.52. The maximum atomic E-state index is 5.40. The Hall–Kier alpha value is -3.48. The number of guanidine groups is 1. The summed E-state index contributed by atoms with van der Waals surface area (Å²) in [6.07, 6.45) is 2.79. The van der Waals surface area contributed by atoms with E-state index in [1.165, 1.54) is 0 Å². The van der Waals surface area contributed by atoms with Crippen LogP contribution < -0.4 is 20.1 Å². The number of nitrogens with zero attached hydrogens (tertiary/aromatic N) is 3. The molecule has 3 rings (SSSR count). The number of hydrogen-bond donors (Lipinski definition) is 2. The Morgan fingerprint density at radius 2 is 1.79 bits per heavy atom. The highest BCUT2D eigenvalue weighted by atomic mass is 16.5. The molecule has 0 bridgehead atoms. The summed E-state index contributed by atoms with van der Waals surface area (Å²) in [4.78, 5) is 4.28. The molecule has 29 heavy (non-hydrogen) atoms. The van der Waals surface area contributed by atoms with Crippen LogP contribution in [0.15, 0.2) is 65.8 Å². The monoisotopic (exact) mass is 393 g/mol. The molecule has 7 heteroatoms. The van der Waals surface area contributed by atoms with Crippen molar-refractivity contribution in [1.29, 1.82) is 0 Å². The van der Waals surface area contributed by atoms with E-state index in [2.05, 4.69) is 26.8 Å². The van der Waals surface area contributed by atoms with Crippen LogP contribution in [0, 0.1) is 0 Å². The van der Waals surface area contributed by atoms with Gasteiger partial charge in [-0.15, -0.1) is 0 Å². The smallest absolute Gasteiger partial charge is 0.191 e. The quantitative estimate of drug-likeness (QED) is 0.455. The molecule has 0 amide bonds. The number of aromatic nitrogens is 2. The Morgan fingerprint density at radius 3 is 2.52 bits per heavy atom. The van der Waals surface area contributed by atoms with Gasteiger partial charge in [0.2, 0.25) is 0 Å². The van der Waals surface area contributed by atoms with Gasteiger partial charge in [0.05, 0.1) is 32.1 Å². The molecule has 0 aliphatic heterocycles. The Bertz CT molecular complexity index is 934. The van der Waals surface area contributed by atoms with E-state index in [1.807, 2.05) is 59.4 Å². The van der Waals surface area contributed by atoms with Crippen molar-refractivity contribution in [3.8, 4) is 17.2 Å². The second kappa shape index (κ2) is 10.2. The Balaban J connectivity index is 1.50. The molecule has 152 valence electrons. The summed E-state index contributed by atoms with van der Waals surface area (Å²) in [5.74, 6) is 2.46. The van der Waals surface area contributed by atoms with Gasteiger partial charge in [-0.05, 0) is 48.4 Å². The van der Waals surface area contributed by atoms with Gasteiger partial charge in [0, 0.05) is 19.8 Å². The fourth-order valence-electron chi connectivity index (χ4n) is 2.95. The Labute approximate surface area is 171 Å². The SMILES string of the molecule is CN=C(NCCc1ccccc1OC)NCc1ccn(-c2ccc(OC)cc2)n1. The van der Waals surface area contributed by atoms with Crippen molar-refractivity contribution in [2.75, 3.05) is 27.8 Å². The Kier molecular flexibility index (Phi) is 7.10. The number of nitrogens with one attached hydrogen (secondary N) is 2. The standard InChI is InChI=1S/C22H27N5O2/c1-23-22(24-14-12-17-6-4-5-7-21(17)29-3)25-16-18-13-15-27(26-18)19-8-10-20(28-2)11-9-19/h4-11,13,15H,12,14,16H2,1-3H3,(H2,23,24,25). The molecule has 0 saturated heterocycles. The zero-order chi connectivity index (χ0) is 20.5. The van der Waals surface area contributed by atoms with Crippen molar-refractivity contribution in [3.63, 3.8) is 0 Å². The fraction of sp³-hybridized carbons (Fsp3) is 0.273. The van der Waals surface area contributed by atoms with Gasteiger partial charge < -0.3 is 20.1 Å². The van der Waals surface area contributed by atoms with E-state index in [1.54, 1.807) is 21.3 Å². The number of para-hydroxylation sites is 1. The molecule has 7 nitrogen and oxygen atoms in total. The molecule has 1 heterocycles. The lowest BCUT2D eigenvalue weighted by Crippen LogP contribution is -2.38. The molecule has 0 fully saturated rings. The average Bonchev–Trinajstić information content (AvgIpc) is 3.25. The summed E-state index contributed by atoms with van der Waals surface area (Å²) in [6.45, 7) is 1.33. The van der Waals surface area contributed by atoms with E-state index in [-0.39, 0.29) is 0 Å². The molecule has 0 atom stereocenters. The number of rotatable bonds is 8. The van der Waals surface area contributed by atoms with Crippen LogP contribution in [-0.4, -0.2) is 43.6 Å². The first-order valence-electron chi connectivity index (χ1n) is 9.49. The summed E-state index contributed by atoms with van der Waals surface area (Å²) >= 11 is 0. The summed E-state index contributed by atoms with van der Waals surface area (Å²) < 4.78 is 12.4. The van der Waals surface area contributed by atoms with E-state index < -0.39 is 0 Å². The van der Waals surface area contributed by atoms with Crippen LogP contribution in [0.4, 0.5) is 0 Å². The number of benzene rings is 2. The molecule has 0 unspecified atom stereocenters. The van der Waals surface area contributed by atoms with E-state index in [9.17, 15) is 0 Å². The molecule has 0 radical (unpaired) electrons. The largest absolute Gasteiger partial charge is 0.497 e. The van der Waals surface area contributed by atoms with E-state index in [0.717, 1.165) is 47.4 Å². The predicted molar refractivity (Wildman–Crippen MR) is 115 cm³/mol. The molecular formula is C22H27N5O2. The first-order chi connectivity index (χ1) is 14.2. The van der Waals surface area contributed by atoms with Crippen molar-refractivity contribution in [2.24, 2.45) is 4.99 Å². The van der Waals surface area contributed by atoms with Gasteiger partial charge in [0.1, 0.15) is 11.5 Å². The third kappa shape index (κ3) is 5.51. The molecule has 1 aromatic heterocycles. The van der Waals surface area contributed by atoms with Crippen LogP contribution in [0.5, 0.6) is 11.5 Å². The predicted octanol–water partition coefficient (Wildman–Crippen LogP) is 2.80. The van der Waals surface area contributed by atoms with Crippen molar-refractivity contribution in [3.05, 3.63) is 72.1 Å². The number of ether oxygens (including phenoxy) is 2. The molecule has 2 aromatic carbocycles. The summed E-state index contributed by atoms with van der Waals surface area (Å²) in [5.41, 5.74) is 3.07. The highest BCUT2D eigenvalue weighted by molar-refractivity contribution is 5.79. The first kappa shape index (κ1) is 20.3. The maximum absolute atomic E-state index is 5.40. The van der Waals surface area contributed by atoms with Gasteiger partial charge in [-0.3, -0.25) is 4.99 Å². The third-order valence-corrected chi connectivity index (χ3v) is 4.52. The van der Waals surface area contributed by atoms with Gasteiger partial charge in [0.25, 0.3) is 0 Å². The second-order valence-corrected chi connectivity index (χ2v) is 6.36. The maximum Gasteiger partial charge on any atom is 0.191 e. The van der Waals surface area contributed by atoms with E-state index in [0.29, 0.717) is 6.54 Å². The molecule has 0 spiro atoms. The van der Waals surface area contributed by atoms with Crippen molar-refractivity contribution in [1.82, 2.24) is 20.4 Å². The number of hydrogen-bond acceptors (Lipinski definition) is 4. The molecule has 3 aromatic rings. The van der Waals surface area contributed by atoms with Crippen molar-refractivity contribution in [2.45, 2.75) is 13.0 Å². The normalized spacial score (nSPS) is 11.2. The minimum atomic E-state index is 0.581. The van der Waals surface area contributed by atoms with Gasteiger partial charge in [-0.2, -0.15) is 5.10 Å². The first-order valence-corrected chi connectivity index (χ1v) is 9.49. The summed E-state index contributed by atoms with van der Waals surface area (Å²) in [5, 5.41) is 11.2. The number of methoxy groups -OCH3 is 2. The van der Waals surface area contributed by atoms with E-state index in [4.69, 9.17) is 9.47 Å². The number of aliphatic imine (C=N–C) groups is 1. The lowest BCUT2D eigenvalue weighted by molar-refractivity contribution is 0.409. The highest BCUT2D eigenvalue weighted by Crippen LogP contribution is 2.17. The summed E-state index contributed by atoms with van der Waals surface area (Å²) in [7, 11) is 5.11. The Morgan fingerprint density at radius 1 is 1.00 bits per heavy atom. The van der Waals surface area contributed by atoms with Crippen molar-refractivity contribution >= 4 is 5.96 Å². The summed E-state index contributed by atoms with van der Waals surface area (Å²) in [6, 6.07) is 17.8. The molecular weight excluding hydrogens is 366 g/mol. The van der Waals surface area contributed by atoms with Crippen LogP contribution in [0.25, 0.3) is 5.69 Å². The fourth-order valence-corrected chi connectivity index (χ4v) is 2.95. The molecule has 0 aliphatic rings.